The summed E-state index contributed by atoms with van der Waals surface area (Å²) in [6.45, 7) is 4.96. The van der Waals surface area contributed by atoms with Crippen LogP contribution in [0.15, 0.2) is 12.1 Å². The maximum Gasteiger partial charge on any atom is 0.274 e. The minimum atomic E-state index is -2.92. The molecule has 1 atom stereocenters. The van der Waals surface area contributed by atoms with E-state index < -0.39 is 5.92 Å². The van der Waals surface area contributed by atoms with Gasteiger partial charge >= 0.3 is 0 Å². The van der Waals surface area contributed by atoms with Crippen LogP contribution in [0.5, 0.6) is 5.75 Å². The Morgan fingerprint density at radius 3 is 2.41 bits per heavy atom. The lowest BCUT2D eigenvalue weighted by atomic mass is 9.93. The van der Waals surface area contributed by atoms with Crippen LogP contribution in [0.1, 0.15) is 36.5 Å². The van der Waals surface area contributed by atoms with E-state index in [1.807, 2.05) is 13.0 Å². The second-order valence-corrected chi connectivity index (χ2v) is 4.46. The van der Waals surface area contributed by atoms with E-state index in [0.29, 0.717) is 6.54 Å². The van der Waals surface area contributed by atoms with Crippen LogP contribution in [-0.2, 0) is 5.92 Å². The number of halogens is 2. The molecule has 0 saturated heterocycles. The summed E-state index contributed by atoms with van der Waals surface area (Å²) in [6.07, 6.45) is 0. The van der Waals surface area contributed by atoms with Gasteiger partial charge in [0, 0.05) is 6.92 Å². The highest BCUT2D eigenvalue weighted by molar-refractivity contribution is 5.48. The van der Waals surface area contributed by atoms with Crippen LogP contribution in [0.2, 0.25) is 0 Å². The second kappa shape index (κ2) is 5.00. The first-order chi connectivity index (χ1) is 7.81. The predicted octanol–water partition coefficient (Wildman–Crippen LogP) is 3.18. The van der Waals surface area contributed by atoms with Crippen LogP contribution in [0.3, 0.4) is 0 Å². The molecule has 4 heteroatoms. The summed E-state index contributed by atoms with van der Waals surface area (Å²) < 4.78 is 32.2. The number of nitrogens with two attached hydrogens (primary N) is 1. The van der Waals surface area contributed by atoms with Crippen LogP contribution >= 0.6 is 0 Å². The third-order valence-corrected chi connectivity index (χ3v) is 2.82. The Hall–Kier alpha value is -1.16. The number of rotatable bonds is 4. The molecule has 1 rings (SSSR count). The van der Waals surface area contributed by atoms with Crippen LogP contribution in [0, 0.1) is 6.92 Å². The largest absolute Gasteiger partial charge is 0.496 e. The van der Waals surface area contributed by atoms with Gasteiger partial charge in [0.05, 0.1) is 12.7 Å². The molecule has 2 N–H and O–H groups in total. The maximum absolute atomic E-state index is 13.5. The van der Waals surface area contributed by atoms with Gasteiger partial charge in [-0.2, -0.15) is 0 Å². The summed E-state index contributed by atoms with van der Waals surface area (Å²) in [7, 11) is 1.41. The predicted molar refractivity (Wildman–Crippen MR) is 64.8 cm³/mol. The third kappa shape index (κ3) is 2.94. The second-order valence-electron chi connectivity index (χ2n) is 4.46. The molecule has 0 spiro atoms. The molecule has 0 aromatic heterocycles. The van der Waals surface area contributed by atoms with Gasteiger partial charge in [-0.15, -0.1) is 0 Å². The molecule has 96 valence electrons. The summed E-state index contributed by atoms with van der Waals surface area (Å²) in [4.78, 5) is 0. The van der Waals surface area contributed by atoms with Crippen molar-refractivity contribution in [2.24, 2.45) is 5.73 Å². The van der Waals surface area contributed by atoms with Crippen molar-refractivity contribution in [3.8, 4) is 5.75 Å². The molecule has 0 radical (unpaired) electrons. The number of benzene rings is 1. The fourth-order valence-corrected chi connectivity index (χ4v) is 1.85. The highest BCUT2D eigenvalue weighted by atomic mass is 19.3. The zero-order valence-electron chi connectivity index (χ0n) is 10.7. The van der Waals surface area contributed by atoms with Crippen molar-refractivity contribution in [2.45, 2.75) is 32.6 Å². The van der Waals surface area contributed by atoms with Gasteiger partial charge in [0.25, 0.3) is 5.92 Å². The molecule has 0 saturated carbocycles. The minimum Gasteiger partial charge on any atom is -0.496 e. The van der Waals surface area contributed by atoms with E-state index in [1.165, 1.54) is 13.2 Å². The quantitative estimate of drug-likeness (QED) is 0.881. The normalized spacial score (nSPS) is 13.6. The average molecular weight is 243 g/mol. The zero-order valence-corrected chi connectivity index (χ0v) is 10.7. The SMILES string of the molecule is COc1c(C(C)CN)cc(C)cc1C(C)(F)F. The van der Waals surface area contributed by atoms with Gasteiger partial charge in [0.15, 0.2) is 0 Å². The van der Waals surface area contributed by atoms with E-state index in [4.69, 9.17) is 10.5 Å². The maximum atomic E-state index is 13.5. The van der Waals surface area contributed by atoms with Crippen molar-refractivity contribution in [1.29, 1.82) is 0 Å². The number of alkyl halides is 2. The van der Waals surface area contributed by atoms with Crippen LogP contribution in [0.25, 0.3) is 0 Å². The molecular weight excluding hydrogens is 224 g/mol. The molecule has 0 aliphatic carbocycles. The minimum absolute atomic E-state index is 0.00838. The highest BCUT2D eigenvalue weighted by Crippen LogP contribution is 2.39. The van der Waals surface area contributed by atoms with E-state index in [0.717, 1.165) is 18.1 Å². The smallest absolute Gasteiger partial charge is 0.274 e. The zero-order chi connectivity index (χ0) is 13.2. The van der Waals surface area contributed by atoms with Gasteiger partial charge < -0.3 is 10.5 Å². The third-order valence-electron chi connectivity index (χ3n) is 2.82. The molecule has 1 aromatic carbocycles. The van der Waals surface area contributed by atoms with Crippen LogP contribution < -0.4 is 10.5 Å². The van der Waals surface area contributed by atoms with Gasteiger partial charge in [0.2, 0.25) is 0 Å². The summed E-state index contributed by atoms with van der Waals surface area (Å²) in [6, 6.07) is 3.32. The lowest BCUT2D eigenvalue weighted by molar-refractivity contribution is 0.0148. The van der Waals surface area contributed by atoms with Gasteiger partial charge in [-0.1, -0.05) is 18.6 Å². The number of methoxy groups -OCH3 is 1. The Labute approximate surface area is 101 Å². The Morgan fingerprint density at radius 1 is 1.41 bits per heavy atom. The van der Waals surface area contributed by atoms with Crippen LogP contribution in [-0.4, -0.2) is 13.7 Å². The summed E-state index contributed by atoms with van der Waals surface area (Å²) in [5, 5.41) is 0. The molecule has 17 heavy (non-hydrogen) atoms. The van der Waals surface area contributed by atoms with Crippen molar-refractivity contribution >= 4 is 0 Å². The van der Waals surface area contributed by atoms with Crippen molar-refractivity contribution in [3.05, 3.63) is 28.8 Å². The molecule has 1 aromatic rings. The fourth-order valence-electron chi connectivity index (χ4n) is 1.85. The number of ether oxygens (including phenoxy) is 1. The van der Waals surface area contributed by atoms with Crippen molar-refractivity contribution in [3.63, 3.8) is 0 Å². The number of hydrogen-bond donors (Lipinski definition) is 1. The summed E-state index contributed by atoms with van der Waals surface area (Å²) >= 11 is 0. The van der Waals surface area contributed by atoms with E-state index in [1.54, 1.807) is 6.92 Å². The van der Waals surface area contributed by atoms with Gasteiger partial charge in [0.1, 0.15) is 5.75 Å². The van der Waals surface area contributed by atoms with Crippen molar-refractivity contribution in [2.75, 3.05) is 13.7 Å². The fraction of sp³-hybridized carbons (Fsp3) is 0.538. The average Bonchev–Trinajstić information content (AvgIpc) is 2.25. The molecular formula is C13H19F2NO. The standard InChI is InChI=1S/C13H19F2NO/c1-8-5-10(9(2)7-16)12(17-4)11(6-8)13(3,14)15/h5-6,9H,7,16H2,1-4H3. The first-order valence-corrected chi connectivity index (χ1v) is 5.58. The lowest BCUT2D eigenvalue weighted by Crippen LogP contribution is -2.15. The Balaban J connectivity index is 3.46. The molecule has 0 amide bonds. The van der Waals surface area contributed by atoms with Gasteiger partial charge in [-0.25, -0.2) is 8.78 Å². The van der Waals surface area contributed by atoms with E-state index in [2.05, 4.69) is 0 Å². The first-order valence-electron chi connectivity index (χ1n) is 5.58. The molecule has 1 unspecified atom stereocenters. The topological polar surface area (TPSA) is 35.2 Å². The summed E-state index contributed by atoms with van der Waals surface area (Å²) in [5.74, 6) is -2.67. The number of hydrogen-bond acceptors (Lipinski definition) is 2. The first kappa shape index (κ1) is 13.9. The molecule has 0 heterocycles. The van der Waals surface area contributed by atoms with Crippen molar-refractivity contribution < 1.29 is 13.5 Å². The summed E-state index contributed by atoms with van der Waals surface area (Å²) in [5.41, 5.74) is 7.05. The monoisotopic (exact) mass is 243 g/mol. The highest BCUT2D eigenvalue weighted by Gasteiger charge is 2.31. The van der Waals surface area contributed by atoms with Crippen LogP contribution in [0.4, 0.5) is 8.78 Å². The molecule has 0 aliphatic heterocycles. The lowest BCUT2D eigenvalue weighted by Gasteiger charge is -2.21. The molecule has 2 nitrogen and oxygen atoms in total. The molecule has 0 bridgehead atoms. The van der Waals surface area contributed by atoms with Gasteiger partial charge in [-0.05, 0) is 31.0 Å². The molecule has 0 fully saturated rings. The van der Waals surface area contributed by atoms with Gasteiger partial charge in [-0.3, -0.25) is 0 Å². The van der Waals surface area contributed by atoms with E-state index >= 15 is 0 Å². The Morgan fingerprint density at radius 2 is 2.00 bits per heavy atom. The van der Waals surface area contributed by atoms with E-state index in [-0.39, 0.29) is 17.2 Å². The number of aryl methyl sites for hydroxylation is 1. The van der Waals surface area contributed by atoms with E-state index in [9.17, 15) is 8.78 Å². The Kier molecular flexibility index (Phi) is 4.09. The molecule has 0 aliphatic rings. The van der Waals surface area contributed by atoms with Crippen molar-refractivity contribution in [1.82, 2.24) is 0 Å². The Bertz CT molecular complexity index is 399.